The molecule has 2 aromatic rings. The number of hydrogen-bond donors (Lipinski definition) is 3. The molecule has 0 saturated heterocycles. The van der Waals surface area contributed by atoms with E-state index in [0.29, 0.717) is 0 Å². The highest BCUT2D eigenvalue weighted by Crippen LogP contribution is 2.29. The normalized spacial score (nSPS) is 10.6. The lowest BCUT2D eigenvalue weighted by molar-refractivity contribution is 0.158. The lowest BCUT2D eigenvalue weighted by Crippen LogP contribution is -2.31. The summed E-state index contributed by atoms with van der Waals surface area (Å²) in [5.41, 5.74) is 0.292. The molecule has 1 heterocycles. The summed E-state index contributed by atoms with van der Waals surface area (Å²) in [5.74, 6) is -1.94. The molecular formula is C12H10BrF2N3O2. The Kier molecular flexibility index (Phi) is 4.03. The Morgan fingerprint density at radius 2 is 2.25 bits per heavy atom. The molecule has 5 nitrogen and oxygen atoms in total. The minimum absolute atomic E-state index is 0.0140. The molecule has 1 aromatic carbocycles. The average molecular weight is 346 g/mol. The topological polar surface area (TPSA) is 78.0 Å². The predicted octanol–water partition coefficient (Wildman–Crippen LogP) is 3.28. The van der Waals surface area contributed by atoms with Crippen molar-refractivity contribution in [3.63, 3.8) is 0 Å². The first-order valence-corrected chi connectivity index (χ1v) is 6.42. The highest BCUT2D eigenvalue weighted by Gasteiger charge is 2.19. The number of ether oxygens (including phenoxy) is 1. The van der Waals surface area contributed by atoms with Gasteiger partial charge < -0.3 is 9.72 Å². The first kappa shape index (κ1) is 14.4. The summed E-state index contributed by atoms with van der Waals surface area (Å²) in [6.45, 7) is 1.77. The molecule has 2 rings (SSSR count). The summed E-state index contributed by atoms with van der Waals surface area (Å²) < 4.78 is 31.7. The van der Waals surface area contributed by atoms with Gasteiger partial charge in [-0.15, -0.1) is 0 Å². The molecule has 8 heteroatoms. The van der Waals surface area contributed by atoms with Gasteiger partial charge in [0.2, 0.25) is 0 Å². The Morgan fingerprint density at radius 1 is 1.55 bits per heavy atom. The SMILES string of the molecule is CCOC(=O)NC(=N)c1c[nH]c2cc(F)c(Br)c(F)c12. The van der Waals surface area contributed by atoms with E-state index in [-0.39, 0.29) is 33.4 Å². The summed E-state index contributed by atoms with van der Waals surface area (Å²) in [5, 5.41) is 9.93. The number of nitrogens with one attached hydrogen (secondary N) is 3. The number of carbonyl (C=O) groups is 1. The van der Waals surface area contributed by atoms with E-state index in [0.717, 1.165) is 6.07 Å². The molecule has 1 aromatic heterocycles. The van der Waals surface area contributed by atoms with Crippen LogP contribution in [0.1, 0.15) is 12.5 Å². The molecule has 106 valence electrons. The molecule has 1 amide bonds. The van der Waals surface area contributed by atoms with E-state index in [1.54, 1.807) is 6.92 Å². The smallest absolute Gasteiger partial charge is 0.412 e. The first-order chi connectivity index (χ1) is 9.45. The van der Waals surface area contributed by atoms with Gasteiger partial charge in [0.15, 0.2) is 0 Å². The summed E-state index contributed by atoms with van der Waals surface area (Å²) >= 11 is 2.80. The molecule has 0 bridgehead atoms. The van der Waals surface area contributed by atoms with E-state index in [4.69, 9.17) is 5.41 Å². The Hall–Kier alpha value is -1.96. The average Bonchev–Trinajstić information content (AvgIpc) is 2.80. The van der Waals surface area contributed by atoms with Gasteiger partial charge in [-0.05, 0) is 28.9 Å². The zero-order chi connectivity index (χ0) is 14.9. The van der Waals surface area contributed by atoms with Crippen LogP contribution >= 0.6 is 15.9 Å². The molecule has 0 aliphatic heterocycles. The van der Waals surface area contributed by atoms with Gasteiger partial charge in [0.05, 0.1) is 16.6 Å². The van der Waals surface area contributed by atoms with Crippen molar-refractivity contribution in [1.82, 2.24) is 10.3 Å². The van der Waals surface area contributed by atoms with Gasteiger partial charge >= 0.3 is 6.09 Å². The maximum atomic E-state index is 14.1. The van der Waals surface area contributed by atoms with Crippen molar-refractivity contribution >= 4 is 38.8 Å². The number of halogens is 3. The lowest BCUT2D eigenvalue weighted by atomic mass is 10.1. The minimum atomic E-state index is -0.841. The third-order valence-electron chi connectivity index (χ3n) is 2.58. The molecule has 0 aliphatic rings. The first-order valence-electron chi connectivity index (χ1n) is 5.63. The van der Waals surface area contributed by atoms with Crippen molar-refractivity contribution in [2.45, 2.75) is 6.92 Å². The predicted molar refractivity (Wildman–Crippen MR) is 72.9 cm³/mol. The lowest BCUT2D eigenvalue weighted by Gasteiger charge is -2.06. The molecule has 0 unspecified atom stereocenters. The molecule has 0 aliphatic carbocycles. The van der Waals surface area contributed by atoms with Crippen LogP contribution in [-0.4, -0.2) is 23.5 Å². The number of carbonyl (C=O) groups excluding carboxylic acids is 1. The third-order valence-corrected chi connectivity index (χ3v) is 3.30. The van der Waals surface area contributed by atoms with Crippen LogP contribution in [0.2, 0.25) is 0 Å². The Morgan fingerprint density at radius 3 is 2.90 bits per heavy atom. The molecular weight excluding hydrogens is 336 g/mol. The van der Waals surface area contributed by atoms with Crippen molar-refractivity contribution in [1.29, 1.82) is 5.41 Å². The number of amidine groups is 1. The van der Waals surface area contributed by atoms with Gasteiger partial charge in [0, 0.05) is 17.1 Å². The van der Waals surface area contributed by atoms with Crippen LogP contribution in [0.25, 0.3) is 10.9 Å². The number of H-pyrrole nitrogens is 1. The van der Waals surface area contributed by atoms with Crippen LogP contribution in [0, 0.1) is 17.0 Å². The van der Waals surface area contributed by atoms with E-state index in [2.05, 4.69) is 31.0 Å². The monoisotopic (exact) mass is 345 g/mol. The fourth-order valence-corrected chi connectivity index (χ4v) is 2.04. The standard InChI is InChI=1S/C12H10BrF2N3O2/c1-2-20-12(19)18-11(16)5-4-17-7-3-6(14)9(13)10(15)8(5)7/h3-4,17H,2H2,1H3,(H2,16,18,19). The maximum absolute atomic E-state index is 14.1. The zero-order valence-electron chi connectivity index (χ0n) is 10.3. The van der Waals surface area contributed by atoms with Crippen molar-refractivity contribution in [3.05, 3.63) is 33.9 Å². The summed E-state index contributed by atoms with van der Waals surface area (Å²) in [6.07, 6.45) is 0.502. The molecule has 0 fully saturated rings. The Bertz CT molecular complexity index is 700. The molecule has 20 heavy (non-hydrogen) atoms. The fraction of sp³-hybridized carbons (Fsp3) is 0.167. The number of benzene rings is 1. The van der Waals surface area contributed by atoms with Crippen LogP contribution in [0.4, 0.5) is 13.6 Å². The van der Waals surface area contributed by atoms with E-state index < -0.39 is 17.7 Å². The Labute approximate surface area is 120 Å². The molecule has 0 spiro atoms. The quantitative estimate of drug-likeness (QED) is 0.443. The molecule has 0 saturated carbocycles. The third kappa shape index (κ3) is 2.51. The molecule has 0 radical (unpaired) electrons. The Balaban J connectivity index is 2.43. The summed E-state index contributed by atoms with van der Waals surface area (Å²) in [7, 11) is 0. The number of hydrogen-bond acceptors (Lipinski definition) is 3. The van der Waals surface area contributed by atoms with Crippen LogP contribution < -0.4 is 5.32 Å². The number of aromatic amines is 1. The highest BCUT2D eigenvalue weighted by atomic mass is 79.9. The van der Waals surface area contributed by atoms with Gasteiger partial charge in [0.1, 0.15) is 17.5 Å². The van der Waals surface area contributed by atoms with Crippen molar-refractivity contribution in [2.75, 3.05) is 6.61 Å². The fourth-order valence-electron chi connectivity index (χ4n) is 1.73. The van der Waals surface area contributed by atoms with Gasteiger partial charge in [-0.2, -0.15) is 0 Å². The van der Waals surface area contributed by atoms with Crippen molar-refractivity contribution in [3.8, 4) is 0 Å². The van der Waals surface area contributed by atoms with E-state index in [1.807, 2.05) is 0 Å². The largest absolute Gasteiger partial charge is 0.450 e. The van der Waals surface area contributed by atoms with Crippen LogP contribution in [0.5, 0.6) is 0 Å². The number of rotatable bonds is 2. The number of amides is 1. The van der Waals surface area contributed by atoms with E-state index in [1.165, 1.54) is 6.20 Å². The number of aromatic nitrogens is 1. The zero-order valence-corrected chi connectivity index (χ0v) is 11.9. The van der Waals surface area contributed by atoms with E-state index in [9.17, 15) is 13.6 Å². The van der Waals surface area contributed by atoms with Crippen molar-refractivity contribution < 1.29 is 18.3 Å². The maximum Gasteiger partial charge on any atom is 0.412 e. The van der Waals surface area contributed by atoms with Crippen LogP contribution in [0.15, 0.2) is 16.7 Å². The molecule has 0 atom stereocenters. The van der Waals surface area contributed by atoms with Crippen molar-refractivity contribution in [2.24, 2.45) is 0 Å². The van der Waals surface area contributed by atoms with Gasteiger partial charge in [0.25, 0.3) is 0 Å². The van der Waals surface area contributed by atoms with Gasteiger partial charge in [-0.1, -0.05) is 0 Å². The minimum Gasteiger partial charge on any atom is -0.450 e. The van der Waals surface area contributed by atoms with Gasteiger partial charge in [-0.25, -0.2) is 13.6 Å². The van der Waals surface area contributed by atoms with Crippen LogP contribution in [-0.2, 0) is 4.74 Å². The summed E-state index contributed by atoms with van der Waals surface area (Å²) in [4.78, 5) is 13.9. The highest BCUT2D eigenvalue weighted by molar-refractivity contribution is 9.10. The molecule has 3 N–H and O–H groups in total. The second kappa shape index (κ2) is 5.58. The van der Waals surface area contributed by atoms with Gasteiger partial charge in [-0.3, -0.25) is 10.7 Å². The van der Waals surface area contributed by atoms with Crippen LogP contribution in [0.3, 0.4) is 0 Å². The number of fused-ring (bicyclic) bond motifs is 1. The second-order valence-electron chi connectivity index (χ2n) is 3.83. The summed E-state index contributed by atoms with van der Waals surface area (Å²) in [6, 6.07) is 1.10. The van der Waals surface area contributed by atoms with E-state index >= 15 is 0 Å². The number of alkyl carbamates (subject to hydrolysis) is 1. The second-order valence-corrected chi connectivity index (χ2v) is 4.62.